The highest BCUT2D eigenvalue weighted by atomic mass is 19.4. The molecule has 124 valence electrons. The van der Waals surface area contributed by atoms with Gasteiger partial charge in [-0.15, -0.1) is 0 Å². The van der Waals surface area contributed by atoms with Crippen molar-refractivity contribution in [2.24, 2.45) is 0 Å². The third kappa shape index (κ3) is 4.73. The van der Waals surface area contributed by atoms with Gasteiger partial charge < -0.3 is 10.6 Å². The number of H-pyrrole nitrogens is 1. The number of hydrogen-bond acceptors (Lipinski definition) is 2. The summed E-state index contributed by atoms with van der Waals surface area (Å²) in [5.41, 5.74) is 0.885. The minimum Gasteiger partial charge on any atom is -0.338 e. The number of aromatic nitrogens is 2. The highest BCUT2D eigenvalue weighted by Gasteiger charge is 2.33. The van der Waals surface area contributed by atoms with Crippen LogP contribution in [0.5, 0.6) is 0 Å². The maximum Gasteiger partial charge on any atom is 0.418 e. The lowest BCUT2D eigenvalue weighted by molar-refractivity contribution is -0.136. The summed E-state index contributed by atoms with van der Waals surface area (Å²) in [6.45, 7) is 2.25. The number of benzene rings is 1. The zero-order chi connectivity index (χ0) is 16.9. The summed E-state index contributed by atoms with van der Waals surface area (Å²) < 4.78 is 38.5. The molecule has 0 fully saturated rings. The smallest absolute Gasteiger partial charge is 0.338 e. The van der Waals surface area contributed by atoms with E-state index >= 15 is 0 Å². The molecule has 1 aromatic heterocycles. The highest BCUT2D eigenvalue weighted by molar-refractivity contribution is 5.90. The van der Waals surface area contributed by atoms with Crippen LogP contribution >= 0.6 is 0 Å². The molecule has 0 aliphatic rings. The molecule has 0 unspecified atom stereocenters. The summed E-state index contributed by atoms with van der Waals surface area (Å²) in [4.78, 5) is 11.7. The van der Waals surface area contributed by atoms with Crippen LogP contribution in [0, 0.1) is 6.92 Å². The number of alkyl halides is 3. The molecule has 0 spiro atoms. The predicted octanol–water partition coefficient (Wildman–Crippen LogP) is 3.49. The lowest BCUT2D eigenvalue weighted by atomic mass is 10.1. The van der Waals surface area contributed by atoms with Gasteiger partial charge in [-0.05, 0) is 37.5 Å². The average Bonchev–Trinajstić information content (AvgIpc) is 2.88. The zero-order valence-electron chi connectivity index (χ0n) is 12.5. The van der Waals surface area contributed by atoms with Crippen molar-refractivity contribution in [1.82, 2.24) is 15.5 Å². The Morgan fingerprint density at radius 3 is 2.70 bits per heavy atom. The monoisotopic (exact) mass is 326 g/mol. The van der Waals surface area contributed by atoms with Crippen LogP contribution in [0.2, 0.25) is 0 Å². The van der Waals surface area contributed by atoms with Crippen molar-refractivity contribution in [2.45, 2.75) is 25.9 Å². The fraction of sp³-hybridized carbons (Fsp3) is 0.333. The fourth-order valence-electron chi connectivity index (χ4n) is 2.11. The molecule has 0 saturated carbocycles. The number of para-hydroxylation sites is 1. The van der Waals surface area contributed by atoms with Gasteiger partial charge in [-0.1, -0.05) is 12.1 Å². The number of nitrogens with one attached hydrogen (secondary N) is 3. The van der Waals surface area contributed by atoms with Gasteiger partial charge in [-0.25, -0.2) is 4.79 Å². The van der Waals surface area contributed by atoms with E-state index in [9.17, 15) is 18.0 Å². The van der Waals surface area contributed by atoms with Gasteiger partial charge in [0.1, 0.15) is 0 Å². The van der Waals surface area contributed by atoms with E-state index < -0.39 is 17.8 Å². The Kier molecular flexibility index (Phi) is 5.25. The summed E-state index contributed by atoms with van der Waals surface area (Å²) in [6, 6.07) is 4.20. The predicted molar refractivity (Wildman–Crippen MR) is 80.1 cm³/mol. The SMILES string of the molecule is Cc1[nH]ncc1CCCNC(=O)Nc1ccccc1C(F)(F)F. The van der Waals surface area contributed by atoms with Crippen molar-refractivity contribution < 1.29 is 18.0 Å². The number of rotatable bonds is 5. The first-order valence-electron chi connectivity index (χ1n) is 7.08. The Hall–Kier alpha value is -2.51. The molecular weight excluding hydrogens is 309 g/mol. The number of carbonyl (C=O) groups is 1. The summed E-state index contributed by atoms with van der Waals surface area (Å²) in [5.74, 6) is 0. The van der Waals surface area contributed by atoms with Crippen LogP contribution < -0.4 is 10.6 Å². The molecule has 1 aromatic carbocycles. The number of anilines is 1. The Bertz CT molecular complexity index is 667. The van der Waals surface area contributed by atoms with Gasteiger partial charge in [0.2, 0.25) is 0 Å². The lowest BCUT2D eigenvalue weighted by Crippen LogP contribution is -2.30. The molecule has 0 saturated heterocycles. The van der Waals surface area contributed by atoms with Crippen molar-refractivity contribution >= 4 is 11.7 Å². The van der Waals surface area contributed by atoms with Crippen molar-refractivity contribution in [2.75, 3.05) is 11.9 Å². The molecule has 0 aliphatic heterocycles. The molecule has 2 aromatic rings. The zero-order valence-corrected chi connectivity index (χ0v) is 12.5. The number of aromatic amines is 1. The van der Waals surface area contributed by atoms with Gasteiger partial charge >= 0.3 is 12.2 Å². The van der Waals surface area contributed by atoms with E-state index in [1.54, 1.807) is 6.20 Å². The van der Waals surface area contributed by atoms with E-state index in [1.165, 1.54) is 18.2 Å². The summed E-state index contributed by atoms with van der Waals surface area (Å²) in [5, 5.41) is 11.5. The Morgan fingerprint density at radius 2 is 2.04 bits per heavy atom. The molecule has 5 nitrogen and oxygen atoms in total. The molecule has 0 bridgehead atoms. The van der Waals surface area contributed by atoms with E-state index in [-0.39, 0.29) is 5.69 Å². The summed E-state index contributed by atoms with van der Waals surface area (Å²) >= 11 is 0. The first-order chi connectivity index (χ1) is 10.9. The molecule has 2 amide bonds. The second-order valence-corrected chi connectivity index (χ2v) is 5.05. The largest absolute Gasteiger partial charge is 0.418 e. The number of halogens is 3. The molecule has 0 radical (unpaired) electrons. The summed E-state index contributed by atoms with van der Waals surface area (Å²) in [7, 11) is 0. The van der Waals surface area contributed by atoms with Crippen LogP contribution in [-0.4, -0.2) is 22.8 Å². The first-order valence-corrected chi connectivity index (χ1v) is 7.08. The second kappa shape index (κ2) is 7.17. The average molecular weight is 326 g/mol. The fourth-order valence-corrected chi connectivity index (χ4v) is 2.11. The number of nitrogens with zero attached hydrogens (tertiary/aromatic N) is 1. The van der Waals surface area contributed by atoms with Crippen molar-refractivity contribution in [3.05, 3.63) is 47.3 Å². The van der Waals surface area contributed by atoms with Gasteiger partial charge in [-0.2, -0.15) is 18.3 Å². The minimum atomic E-state index is -4.51. The molecule has 23 heavy (non-hydrogen) atoms. The topological polar surface area (TPSA) is 69.8 Å². The molecule has 2 rings (SSSR count). The van der Waals surface area contributed by atoms with Crippen molar-refractivity contribution in [1.29, 1.82) is 0 Å². The van der Waals surface area contributed by atoms with Crippen LogP contribution in [0.4, 0.5) is 23.7 Å². The van der Waals surface area contributed by atoms with Crippen LogP contribution in [0.25, 0.3) is 0 Å². The van der Waals surface area contributed by atoms with E-state index in [2.05, 4.69) is 20.8 Å². The van der Waals surface area contributed by atoms with Gasteiger partial charge in [-0.3, -0.25) is 5.10 Å². The Labute approximate surface area is 131 Å². The van der Waals surface area contributed by atoms with E-state index in [0.29, 0.717) is 13.0 Å². The first kappa shape index (κ1) is 16.9. The third-order valence-corrected chi connectivity index (χ3v) is 3.32. The second-order valence-electron chi connectivity index (χ2n) is 5.05. The number of hydrogen-bond donors (Lipinski definition) is 3. The molecular formula is C15H17F3N4O. The highest BCUT2D eigenvalue weighted by Crippen LogP contribution is 2.34. The minimum absolute atomic E-state index is 0.261. The van der Waals surface area contributed by atoms with Gasteiger partial charge in [0.05, 0.1) is 17.4 Å². The lowest BCUT2D eigenvalue weighted by Gasteiger charge is -2.14. The number of amides is 2. The molecule has 1 heterocycles. The van der Waals surface area contributed by atoms with Crippen LogP contribution in [0.3, 0.4) is 0 Å². The van der Waals surface area contributed by atoms with Crippen LogP contribution in [0.15, 0.2) is 30.5 Å². The summed E-state index contributed by atoms with van der Waals surface area (Å²) in [6.07, 6.45) is -1.41. The Balaban J connectivity index is 1.83. The third-order valence-electron chi connectivity index (χ3n) is 3.32. The maximum absolute atomic E-state index is 12.8. The Morgan fingerprint density at radius 1 is 1.30 bits per heavy atom. The van der Waals surface area contributed by atoms with Gasteiger partial charge in [0.15, 0.2) is 0 Å². The van der Waals surface area contributed by atoms with E-state index in [4.69, 9.17) is 0 Å². The van der Waals surface area contributed by atoms with Gasteiger partial charge in [0, 0.05) is 12.2 Å². The standard InChI is InChI=1S/C15H17F3N4O/c1-10-11(9-20-22-10)5-4-8-19-14(23)21-13-7-3-2-6-12(13)15(16,17)18/h2-3,6-7,9H,4-5,8H2,1H3,(H,20,22)(H2,19,21,23). The maximum atomic E-state index is 12.8. The molecule has 0 atom stereocenters. The number of urea groups is 1. The number of aryl methyl sites for hydroxylation is 2. The van der Waals surface area contributed by atoms with Crippen LogP contribution in [-0.2, 0) is 12.6 Å². The molecule has 0 aliphatic carbocycles. The van der Waals surface area contributed by atoms with E-state index in [0.717, 1.165) is 23.7 Å². The van der Waals surface area contributed by atoms with Crippen molar-refractivity contribution in [3.63, 3.8) is 0 Å². The molecule has 8 heteroatoms. The van der Waals surface area contributed by atoms with Crippen LogP contribution in [0.1, 0.15) is 23.2 Å². The van der Waals surface area contributed by atoms with Gasteiger partial charge in [0.25, 0.3) is 0 Å². The normalized spacial score (nSPS) is 11.3. The van der Waals surface area contributed by atoms with Crippen molar-refractivity contribution in [3.8, 4) is 0 Å². The number of carbonyl (C=O) groups excluding carboxylic acids is 1. The van der Waals surface area contributed by atoms with E-state index in [1.807, 2.05) is 6.92 Å². The quantitative estimate of drug-likeness (QED) is 0.736. The molecule has 3 N–H and O–H groups in total.